The number of rotatable bonds is 6. The first-order valence-corrected chi connectivity index (χ1v) is 13.4. The summed E-state index contributed by atoms with van der Waals surface area (Å²) in [5.41, 5.74) is 1.48. The van der Waals surface area contributed by atoms with Gasteiger partial charge in [-0.1, -0.05) is 6.08 Å². The molecule has 2 atom stereocenters. The van der Waals surface area contributed by atoms with Crippen LogP contribution in [-0.4, -0.2) is 98.4 Å². The number of nitrogens with zero attached hydrogens (tertiary/aromatic N) is 6. The number of ether oxygens (including phenoxy) is 1. The number of H-pyrrole nitrogens is 1. The number of aromatic amines is 1. The lowest BCUT2D eigenvalue weighted by Gasteiger charge is -2.23. The second-order valence-electron chi connectivity index (χ2n) is 10.4. The van der Waals surface area contributed by atoms with Crippen molar-refractivity contribution in [2.75, 3.05) is 40.3 Å². The van der Waals surface area contributed by atoms with Crippen molar-refractivity contribution in [1.29, 1.82) is 0 Å². The minimum absolute atomic E-state index is 0.0402. The van der Waals surface area contributed by atoms with E-state index < -0.39 is 17.6 Å². The monoisotopic (exact) mass is 546 g/mol. The number of hydrogen-bond acceptors (Lipinski definition) is 8. The summed E-state index contributed by atoms with van der Waals surface area (Å²) in [6.07, 6.45) is 10.3. The number of hydrogen-bond donors (Lipinski definition) is 2. The zero-order valence-electron chi connectivity index (χ0n) is 22.3. The summed E-state index contributed by atoms with van der Waals surface area (Å²) >= 11 is 0. The van der Waals surface area contributed by atoms with E-state index in [9.17, 15) is 19.2 Å². The summed E-state index contributed by atoms with van der Waals surface area (Å²) < 4.78 is 6.78. The molecule has 2 unspecified atom stereocenters. The second-order valence-corrected chi connectivity index (χ2v) is 10.4. The van der Waals surface area contributed by atoms with Crippen LogP contribution in [0.25, 0.3) is 16.7 Å². The van der Waals surface area contributed by atoms with Crippen molar-refractivity contribution in [1.82, 2.24) is 39.8 Å². The fraction of sp³-hybridized carbons (Fsp3) is 0.444. The normalized spacial score (nSPS) is 20.4. The number of methoxy groups -OCH3 is 1. The molecule has 1 aliphatic carbocycles. The molecule has 13 nitrogen and oxygen atoms in total. The molecule has 3 aromatic heterocycles. The average molecular weight is 547 g/mol. The largest absolute Gasteiger partial charge is 0.494 e. The van der Waals surface area contributed by atoms with Gasteiger partial charge in [0, 0.05) is 56.8 Å². The van der Waals surface area contributed by atoms with Crippen LogP contribution in [0.1, 0.15) is 46.7 Å². The first-order valence-electron chi connectivity index (χ1n) is 13.4. The molecule has 2 fully saturated rings. The molecule has 2 aliphatic heterocycles. The van der Waals surface area contributed by atoms with E-state index in [-0.39, 0.29) is 29.1 Å². The van der Waals surface area contributed by atoms with Gasteiger partial charge < -0.3 is 24.8 Å². The highest BCUT2D eigenvalue weighted by Gasteiger charge is 2.44. The number of carbonyl (C=O) groups is 4. The van der Waals surface area contributed by atoms with Gasteiger partial charge in [-0.25, -0.2) is 9.97 Å². The summed E-state index contributed by atoms with van der Waals surface area (Å²) in [6, 6.07) is 0. The molecular formula is C27H30N8O5. The van der Waals surface area contributed by atoms with Gasteiger partial charge in [0.25, 0.3) is 17.6 Å². The molecule has 5 heterocycles. The van der Waals surface area contributed by atoms with Crippen LogP contribution in [0.5, 0.6) is 5.75 Å². The predicted octanol–water partition coefficient (Wildman–Crippen LogP) is 1.11. The van der Waals surface area contributed by atoms with Crippen molar-refractivity contribution in [2.24, 2.45) is 11.8 Å². The van der Waals surface area contributed by atoms with Crippen molar-refractivity contribution in [3.63, 3.8) is 0 Å². The third-order valence-corrected chi connectivity index (χ3v) is 8.08. The van der Waals surface area contributed by atoms with Crippen LogP contribution < -0.4 is 10.1 Å². The van der Waals surface area contributed by atoms with E-state index in [0.29, 0.717) is 48.6 Å². The number of carbonyl (C=O) groups excluding carboxylic acids is 4. The van der Waals surface area contributed by atoms with Crippen LogP contribution in [0.2, 0.25) is 0 Å². The van der Waals surface area contributed by atoms with Crippen LogP contribution in [0, 0.1) is 11.8 Å². The van der Waals surface area contributed by atoms with E-state index in [1.165, 1.54) is 37.6 Å². The molecular weight excluding hydrogens is 516 g/mol. The Morgan fingerprint density at radius 2 is 1.80 bits per heavy atom. The number of allylic oxidation sites excluding steroid dienone is 1. The molecule has 0 aromatic carbocycles. The topological polar surface area (TPSA) is 155 Å². The Morgan fingerprint density at radius 1 is 1.05 bits per heavy atom. The van der Waals surface area contributed by atoms with Crippen LogP contribution in [0.15, 0.2) is 30.4 Å². The molecule has 3 amide bonds. The lowest BCUT2D eigenvalue weighted by molar-refractivity contribution is -0.127. The molecule has 13 heteroatoms. The van der Waals surface area contributed by atoms with Gasteiger partial charge in [-0.2, -0.15) is 4.68 Å². The quantitative estimate of drug-likeness (QED) is 0.344. The Hall–Kier alpha value is -4.55. The lowest BCUT2D eigenvalue weighted by atomic mass is 9.99. The van der Waals surface area contributed by atoms with Crippen molar-refractivity contribution >= 4 is 34.4 Å². The van der Waals surface area contributed by atoms with Gasteiger partial charge >= 0.3 is 0 Å². The van der Waals surface area contributed by atoms with E-state index in [1.807, 2.05) is 4.90 Å². The zero-order valence-corrected chi connectivity index (χ0v) is 22.3. The predicted molar refractivity (Wildman–Crippen MR) is 142 cm³/mol. The van der Waals surface area contributed by atoms with Gasteiger partial charge in [0.2, 0.25) is 11.7 Å². The Kier molecular flexibility index (Phi) is 6.56. The summed E-state index contributed by atoms with van der Waals surface area (Å²) in [6.45, 7) is 2.08. The fourth-order valence-electron chi connectivity index (χ4n) is 6.01. The number of nitrogens with one attached hydrogen (secondary N) is 2. The maximum absolute atomic E-state index is 13.5. The standard InChI is InChI=1S/C27H30N8O5/c1-28-25(37)23-31-14-35(32-23)24-21-20(19(40-2)9-30-24)18(8-29-21)22(36)27(39)34-12-16-10-33(11-17(16)13-34)26(38)15-6-4-3-5-7-15/h6,8-9,14,16-17,29H,3-5,7,10-13H2,1-2H3,(H,28,37). The molecule has 0 saturated carbocycles. The fourth-order valence-corrected chi connectivity index (χ4v) is 6.01. The summed E-state index contributed by atoms with van der Waals surface area (Å²) in [5.74, 6) is -0.719. The maximum Gasteiger partial charge on any atom is 0.295 e. The molecule has 208 valence electrons. The van der Waals surface area contributed by atoms with Gasteiger partial charge in [0.15, 0.2) is 5.82 Å². The molecule has 3 aromatic rings. The number of aromatic nitrogens is 5. The first-order chi connectivity index (χ1) is 19.4. The molecule has 0 bridgehead atoms. The lowest BCUT2D eigenvalue weighted by Crippen LogP contribution is -2.39. The highest BCUT2D eigenvalue weighted by molar-refractivity contribution is 6.45. The van der Waals surface area contributed by atoms with E-state index >= 15 is 0 Å². The third kappa shape index (κ3) is 4.31. The van der Waals surface area contributed by atoms with Crippen molar-refractivity contribution < 1.29 is 23.9 Å². The molecule has 2 saturated heterocycles. The van der Waals surface area contributed by atoms with Crippen molar-refractivity contribution in [3.8, 4) is 11.6 Å². The number of pyridine rings is 1. The Labute approximate surface area is 229 Å². The van der Waals surface area contributed by atoms with Crippen molar-refractivity contribution in [3.05, 3.63) is 41.8 Å². The Balaban J connectivity index is 1.20. The Morgan fingerprint density at radius 3 is 2.48 bits per heavy atom. The number of amides is 3. The van der Waals surface area contributed by atoms with E-state index in [2.05, 4.69) is 31.4 Å². The maximum atomic E-state index is 13.5. The van der Waals surface area contributed by atoms with Gasteiger partial charge in [-0.15, -0.1) is 5.10 Å². The van der Waals surface area contributed by atoms with E-state index in [1.54, 1.807) is 4.90 Å². The van der Waals surface area contributed by atoms with Gasteiger partial charge in [-0.3, -0.25) is 19.2 Å². The van der Waals surface area contributed by atoms with E-state index in [0.717, 1.165) is 31.3 Å². The molecule has 0 spiro atoms. The zero-order chi connectivity index (χ0) is 28.0. The highest BCUT2D eigenvalue weighted by Crippen LogP contribution is 2.35. The smallest absolute Gasteiger partial charge is 0.295 e. The highest BCUT2D eigenvalue weighted by atomic mass is 16.5. The third-order valence-electron chi connectivity index (χ3n) is 8.08. The van der Waals surface area contributed by atoms with Crippen LogP contribution >= 0.6 is 0 Å². The Bertz CT molecular complexity index is 1540. The van der Waals surface area contributed by atoms with Gasteiger partial charge in [0.1, 0.15) is 12.1 Å². The second kappa shape index (κ2) is 10.2. The summed E-state index contributed by atoms with van der Waals surface area (Å²) in [5, 5.41) is 7.02. The molecule has 0 radical (unpaired) electrons. The first kappa shape index (κ1) is 25.7. The van der Waals surface area contributed by atoms with Crippen LogP contribution in [0.3, 0.4) is 0 Å². The summed E-state index contributed by atoms with van der Waals surface area (Å²) in [7, 11) is 2.93. The molecule has 40 heavy (non-hydrogen) atoms. The van der Waals surface area contributed by atoms with Crippen LogP contribution in [0.4, 0.5) is 0 Å². The minimum atomic E-state index is -0.661. The van der Waals surface area contributed by atoms with Crippen LogP contribution in [-0.2, 0) is 9.59 Å². The number of Topliss-reactive ketones (excluding diaryl/α,β-unsaturated/α-hetero) is 1. The molecule has 6 rings (SSSR count). The average Bonchev–Trinajstić information content (AvgIpc) is 3.78. The number of ketones is 1. The summed E-state index contributed by atoms with van der Waals surface area (Å²) in [4.78, 5) is 66.7. The molecule has 2 N–H and O–H groups in total. The molecule has 3 aliphatic rings. The minimum Gasteiger partial charge on any atom is -0.494 e. The number of likely N-dealkylation sites (tertiary alicyclic amines) is 2. The number of fused-ring (bicyclic) bond motifs is 2. The van der Waals surface area contributed by atoms with Crippen molar-refractivity contribution in [2.45, 2.75) is 25.7 Å². The van der Waals surface area contributed by atoms with E-state index in [4.69, 9.17) is 4.74 Å². The SMILES string of the molecule is CNC(=O)c1ncn(-c2ncc(OC)c3c(C(=O)C(=O)N4CC5CN(C(=O)C6=CCCCC6)CC5C4)c[nH]c23)n1. The van der Waals surface area contributed by atoms with Gasteiger partial charge in [-0.05, 0) is 25.7 Å². The van der Waals surface area contributed by atoms with Gasteiger partial charge in [0.05, 0.1) is 29.8 Å².